The summed E-state index contributed by atoms with van der Waals surface area (Å²) in [5.41, 5.74) is 10.00. The molecule has 120 valence electrons. The van der Waals surface area contributed by atoms with Gasteiger partial charge in [-0.2, -0.15) is 0 Å². The highest BCUT2D eigenvalue weighted by Crippen LogP contribution is 2.29. The summed E-state index contributed by atoms with van der Waals surface area (Å²) in [6.45, 7) is 0. The number of carboxylic acid groups (broad SMARTS) is 2. The van der Waals surface area contributed by atoms with Gasteiger partial charge in [-0.05, 0) is 36.4 Å². The van der Waals surface area contributed by atoms with Crippen LogP contribution in [0.5, 0.6) is 0 Å². The summed E-state index contributed by atoms with van der Waals surface area (Å²) in [5, 5.41) is 18.3. The minimum absolute atomic E-state index is 0.0668. The van der Waals surface area contributed by atoms with Crippen molar-refractivity contribution in [2.24, 2.45) is 0 Å². The van der Waals surface area contributed by atoms with Gasteiger partial charge in [0.05, 0.1) is 20.9 Å². The van der Waals surface area contributed by atoms with Crippen LogP contribution in [0, 0.1) is 0 Å². The fourth-order valence-electron chi connectivity index (χ4n) is 2.02. The maximum absolute atomic E-state index is 12.7. The second-order valence-corrected chi connectivity index (χ2v) is 6.51. The molecule has 0 spiro atoms. The van der Waals surface area contributed by atoms with Gasteiger partial charge in [0.2, 0.25) is 9.84 Å². The predicted molar refractivity (Wildman–Crippen MR) is 81.1 cm³/mol. The number of rotatable bonds is 4. The third kappa shape index (κ3) is 2.94. The molecule has 0 atom stereocenters. The van der Waals surface area contributed by atoms with Gasteiger partial charge < -0.3 is 21.7 Å². The van der Waals surface area contributed by atoms with Crippen LogP contribution in [0.15, 0.2) is 46.2 Å². The monoisotopic (exact) mass is 336 g/mol. The van der Waals surface area contributed by atoms with Crippen LogP contribution in [-0.2, 0) is 9.84 Å². The molecule has 0 aliphatic carbocycles. The zero-order valence-corrected chi connectivity index (χ0v) is 12.4. The molecule has 0 fully saturated rings. The average molecular weight is 336 g/mol. The van der Waals surface area contributed by atoms with Crippen LogP contribution in [0.3, 0.4) is 0 Å². The zero-order chi connectivity index (χ0) is 17.4. The van der Waals surface area contributed by atoms with Gasteiger partial charge in [0.25, 0.3) is 0 Å². The molecule has 0 amide bonds. The van der Waals surface area contributed by atoms with Crippen molar-refractivity contribution in [1.82, 2.24) is 0 Å². The first-order chi connectivity index (χ1) is 10.6. The lowest BCUT2D eigenvalue weighted by Gasteiger charge is -2.11. The Balaban J connectivity index is 2.79. The topological polar surface area (TPSA) is 161 Å². The number of hydrogen-bond donors (Lipinski definition) is 4. The number of carboxylic acids is 2. The minimum atomic E-state index is -4.40. The molecule has 2 rings (SSSR count). The number of benzene rings is 2. The zero-order valence-electron chi connectivity index (χ0n) is 11.6. The normalized spacial score (nSPS) is 11.1. The molecule has 2 aromatic rings. The third-order valence-corrected chi connectivity index (χ3v) is 4.92. The molecule has 6 N–H and O–H groups in total. The van der Waals surface area contributed by atoms with Crippen LogP contribution < -0.4 is 11.5 Å². The summed E-state index contributed by atoms with van der Waals surface area (Å²) >= 11 is 0. The Morgan fingerprint density at radius 1 is 0.783 bits per heavy atom. The first-order valence-corrected chi connectivity index (χ1v) is 7.63. The second kappa shape index (κ2) is 5.61. The molecule has 0 aromatic heterocycles. The SMILES string of the molecule is Nc1ccc(S(=O)(=O)c2ccc(N)cc2C(=O)O)c(C(=O)O)c1. The fourth-order valence-corrected chi connectivity index (χ4v) is 3.62. The Morgan fingerprint density at radius 3 is 1.43 bits per heavy atom. The van der Waals surface area contributed by atoms with Crippen LogP contribution >= 0.6 is 0 Å². The standard InChI is InChI=1S/C14H12N2O6S/c15-7-1-3-11(9(5-7)13(17)18)23(21,22)12-4-2-8(16)6-10(12)14(19)20/h1-6H,15-16H2,(H,17,18)(H,19,20). The van der Waals surface area contributed by atoms with E-state index in [1.54, 1.807) is 0 Å². The highest BCUT2D eigenvalue weighted by molar-refractivity contribution is 7.91. The molecule has 9 heteroatoms. The molecule has 2 aromatic carbocycles. The maximum Gasteiger partial charge on any atom is 0.337 e. The first-order valence-electron chi connectivity index (χ1n) is 6.15. The number of sulfone groups is 1. The molecule has 0 saturated carbocycles. The summed E-state index contributed by atoms with van der Waals surface area (Å²) in [6.07, 6.45) is 0. The third-order valence-electron chi connectivity index (χ3n) is 3.05. The molecule has 0 bridgehead atoms. The highest BCUT2D eigenvalue weighted by atomic mass is 32.2. The van der Waals surface area contributed by atoms with E-state index in [-0.39, 0.29) is 11.4 Å². The number of anilines is 2. The van der Waals surface area contributed by atoms with E-state index >= 15 is 0 Å². The van der Waals surface area contributed by atoms with Gasteiger partial charge in [-0.1, -0.05) is 0 Å². The van der Waals surface area contributed by atoms with E-state index in [1.165, 1.54) is 12.1 Å². The molecule has 0 saturated heterocycles. The minimum Gasteiger partial charge on any atom is -0.478 e. The second-order valence-electron chi connectivity index (χ2n) is 4.62. The molecular weight excluding hydrogens is 324 g/mol. The van der Waals surface area contributed by atoms with Crippen molar-refractivity contribution < 1.29 is 28.2 Å². The van der Waals surface area contributed by atoms with Gasteiger partial charge in [-0.15, -0.1) is 0 Å². The largest absolute Gasteiger partial charge is 0.478 e. The smallest absolute Gasteiger partial charge is 0.337 e. The van der Waals surface area contributed by atoms with Gasteiger partial charge in [0.1, 0.15) is 0 Å². The summed E-state index contributed by atoms with van der Waals surface area (Å²) in [5.74, 6) is -2.99. The highest BCUT2D eigenvalue weighted by Gasteiger charge is 2.28. The maximum atomic E-state index is 12.7. The lowest BCUT2D eigenvalue weighted by molar-refractivity contribution is 0.0683. The van der Waals surface area contributed by atoms with Crippen molar-refractivity contribution >= 4 is 33.2 Å². The molecule has 0 aliphatic rings. The fraction of sp³-hybridized carbons (Fsp3) is 0. The van der Waals surface area contributed by atoms with E-state index in [4.69, 9.17) is 21.7 Å². The molecule has 0 unspecified atom stereocenters. The Hall–Kier alpha value is -3.07. The van der Waals surface area contributed by atoms with Crippen molar-refractivity contribution in [2.75, 3.05) is 11.5 Å². The quantitative estimate of drug-likeness (QED) is 0.603. The average Bonchev–Trinajstić information content (AvgIpc) is 2.46. The van der Waals surface area contributed by atoms with Crippen molar-refractivity contribution in [3.05, 3.63) is 47.5 Å². The van der Waals surface area contributed by atoms with Crippen LogP contribution in [0.4, 0.5) is 11.4 Å². The Bertz CT molecular complexity index is 851. The molecule has 0 radical (unpaired) electrons. The number of nitrogen functional groups attached to an aromatic ring is 2. The summed E-state index contributed by atoms with van der Waals surface area (Å²) < 4.78 is 25.4. The van der Waals surface area contributed by atoms with Gasteiger partial charge in [-0.3, -0.25) is 0 Å². The lowest BCUT2D eigenvalue weighted by Crippen LogP contribution is -2.14. The van der Waals surface area contributed by atoms with E-state index in [0.29, 0.717) is 0 Å². The Kier molecular flexibility index (Phi) is 3.98. The van der Waals surface area contributed by atoms with E-state index in [0.717, 1.165) is 24.3 Å². The van der Waals surface area contributed by atoms with Crippen molar-refractivity contribution in [3.8, 4) is 0 Å². The first kappa shape index (κ1) is 16.3. The van der Waals surface area contributed by atoms with Crippen LogP contribution in [0.1, 0.15) is 20.7 Å². The molecule has 0 heterocycles. The van der Waals surface area contributed by atoms with Crippen LogP contribution in [-0.4, -0.2) is 30.6 Å². The molecule has 8 nitrogen and oxygen atoms in total. The van der Waals surface area contributed by atoms with E-state index in [9.17, 15) is 18.0 Å². The number of nitrogens with two attached hydrogens (primary N) is 2. The van der Waals surface area contributed by atoms with Crippen molar-refractivity contribution in [3.63, 3.8) is 0 Å². The van der Waals surface area contributed by atoms with E-state index in [2.05, 4.69) is 0 Å². The van der Waals surface area contributed by atoms with Gasteiger partial charge >= 0.3 is 11.9 Å². The lowest BCUT2D eigenvalue weighted by atomic mass is 10.2. The summed E-state index contributed by atoms with van der Waals surface area (Å²) in [6, 6.07) is 6.47. The van der Waals surface area contributed by atoms with E-state index < -0.39 is 42.7 Å². The van der Waals surface area contributed by atoms with Crippen molar-refractivity contribution in [2.45, 2.75) is 9.79 Å². The van der Waals surface area contributed by atoms with Crippen LogP contribution in [0.2, 0.25) is 0 Å². The molecule has 23 heavy (non-hydrogen) atoms. The van der Waals surface area contributed by atoms with Gasteiger partial charge in [0.15, 0.2) is 0 Å². The molecular formula is C14H12N2O6S. The van der Waals surface area contributed by atoms with Gasteiger partial charge in [-0.25, -0.2) is 18.0 Å². The summed E-state index contributed by atoms with van der Waals surface area (Å²) in [7, 11) is -4.40. The Morgan fingerprint density at radius 2 is 1.13 bits per heavy atom. The number of aromatic carboxylic acids is 2. The van der Waals surface area contributed by atoms with Gasteiger partial charge in [0, 0.05) is 11.4 Å². The van der Waals surface area contributed by atoms with Crippen LogP contribution in [0.25, 0.3) is 0 Å². The van der Waals surface area contributed by atoms with Crippen molar-refractivity contribution in [1.29, 1.82) is 0 Å². The van der Waals surface area contributed by atoms with E-state index in [1.807, 2.05) is 0 Å². The summed E-state index contributed by atoms with van der Waals surface area (Å²) in [4.78, 5) is 21.4. The number of hydrogen-bond acceptors (Lipinski definition) is 6. The number of carbonyl (C=O) groups is 2. The Labute approximate surface area is 130 Å². The molecule has 0 aliphatic heterocycles. The predicted octanol–water partition coefficient (Wildman–Crippen LogP) is 1.08.